The Morgan fingerprint density at radius 1 is 1.00 bits per heavy atom. The van der Waals surface area contributed by atoms with E-state index < -0.39 is 6.10 Å². The fourth-order valence-electron chi connectivity index (χ4n) is 2.48. The molecule has 4 N–H and O–H groups in total. The van der Waals surface area contributed by atoms with Gasteiger partial charge in [-0.25, -0.2) is 0 Å². The molecule has 1 rings (SSSR count). The molecule has 0 spiro atoms. The van der Waals surface area contributed by atoms with Crippen LogP contribution in [-0.4, -0.2) is 6.10 Å². The molecule has 1 aromatic rings. The molecule has 0 radical (unpaired) electrons. The van der Waals surface area contributed by atoms with Gasteiger partial charge < -0.3 is 11.3 Å². The summed E-state index contributed by atoms with van der Waals surface area (Å²) < 4.78 is 0. The molecule has 2 heteroatoms. The molecule has 0 amide bonds. The van der Waals surface area contributed by atoms with Gasteiger partial charge in [0.15, 0.2) is 0 Å². The quantitative estimate of drug-likeness (QED) is 0.808. The summed E-state index contributed by atoms with van der Waals surface area (Å²) in [5, 5.41) is 12.4. The van der Waals surface area contributed by atoms with Crippen molar-refractivity contribution in [1.29, 1.82) is 0 Å². The molecule has 0 fully saturated rings. The van der Waals surface area contributed by atoms with Crippen LogP contribution in [0, 0.1) is 5.41 Å². The van der Waals surface area contributed by atoms with Crippen LogP contribution in [0.25, 0.3) is 0 Å². The van der Waals surface area contributed by atoms with Crippen molar-refractivity contribution in [1.82, 2.24) is 6.15 Å². The molecule has 0 aliphatic heterocycles. The zero-order chi connectivity index (χ0) is 12.0. The minimum atomic E-state index is -0.477. The predicted octanol–water partition coefficient (Wildman–Crippen LogP) is 3.55. The van der Waals surface area contributed by atoms with E-state index in [4.69, 9.17) is 0 Å². The molecule has 0 bridgehead atoms. The molecule has 0 heterocycles. The van der Waals surface area contributed by atoms with Gasteiger partial charge in [0, 0.05) is 0 Å². The maximum Gasteiger partial charge on any atom is -0.0399 e. The van der Waals surface area contributed by atoms with E-state index in [9.17, 15) is 5.11 Å². The van der Waals surface area contributed by atoms with Gasteiger partial charge in [-0.15, -0.1) is 6.10 Å². The largest absolute Gasteiger partial charge is 0.851 e. The number of hydrogen-bond acceptors (Lipinski definition) is 1. The summed E-state index contributed by atoms with van der Waals surface area (Å²) in [6.07, 6.45) is 3.15. The highest BCUT2D eigenvalue weighted by Gasteiger charge is 2.26. The van der Waals surface area contributed by atoms with Crippen LogP contribution in [0.4, 0.5) is 0 Å². The highest BCUT2D eigenvalue weighted by molar-refractivity contribution is 5.16. The van der Waals surface area contributed by atoms with Gasteiger partial charge in [0.1, 0.15) is 0 Å². The molecule has 2 nitrogen and oxygen atoms in total. The lowest BCUT2D eigenvalue weighted by molar-refractivity contribution is -0.448. The smallest absolute Gasteiger partial charge is 0.0399 e. The summed E-state index contributed by atoms with van der Waals surface area (Å²) >= 11 is 0. The first kappa shape index (κ1) is 16.1. The summed E-state index contributed by atoms with van der Waals surface area (Å²) in [6.45, 7) is 6.43. The van der Waals surface area contributed by atoms with Gasteiger partial charge in [-0.2, -0.15) is 0 Å². The molecule has 98 valence electrons. The van der Waals surface area contributed by atoms with Crippen molar-refractivity contribution < 1.29 is 5.11 Å². The lowest BCUT2D eigenvalue weighted by atomic mass is 9.73. The Bertz CT molecular complexity index is 285. The van der Waals surface area contributed by atoms with E-state index in [1.54, 1.807) is 0 Å². The first-order chi connectivity index (χ1) is 7.68. The van der Waals surface area contributed by atoms with Crippen molar-refractivity contribution >= 4 is 0 Å². The minimum absolute atomic E-state index is 0. The van der Waals surface area contributed by atoms with E-state index in [1.165, 1.54) is 5.56 Å². The topological polar surface area (TPSA) is 59.6 Å². The van der Waals surface area contributed by atoms with Gasteiger partial charge in [-0.1, -0.05) is 70.4 Å². The first-order valence-corrected chi connectivity index (χ1v) is 6.38. The van der Waals surface area contributed by atoms with E-state index in [2.05, 4.69) is 32.9 Å². The van der Waals surface area contributed by atoms with E-state index >= 15 is 0 Å². The lowest BCUT2D eigenvalue weighted by Crippen LogP contribution is -2.45. The van der Waals surface area contributed by atoms with Gasteiger partial charge in [0.05, 0.1) is 0 Å². The molecule has 17 heavy (non-hydrogen) atoms. The monoisotopic (exact) mass is 237 g/mol. The predicted molar refractivity (Wildman–Crippen MR) is 73.2 cm³/mol. The molecule has 1 atom stereocenters. The van der Waals surface area contributed by atoms with Gasteiger partial charge in [0.2, 0.25) is 0 Å². The summed E-state index contributed by atoms with van der Waals surface area (Å²) in [5.41, 5.74) is 1.15. The van der Waals surface area contributed by atoms with Crippen molar-refractivity contribution in [2.24, 2.45) is 5.41 Å². The third-order valence-corrected chi connectivity index (χ3v) is 4.06. The third kappa shape index (κ3) is 3.83. The van der Waals surface area contributed by atoms with Crippen LogP contribution < -0.4 is 11.3 Å². The third-order valence-electron chi connectivity index (χ3n) is 4.06. The van der Waals surface area contributed by atoms with Crippen molar-refractivity contribution in [2.45, 2.75) is 52.6 Å². The molecular weight excluding hydrogens is 210 g/mol. The van der Waals surface area contributed by atoms with Crippen molar-refractivity contribution in [3.63, 3.8) is 0 Å². The van der Waals surface area contributed by atoms with Crippen LogP contribution in [0.3, 0.4) is 0 Å². The van der Waals surface area contributed by atoms with Crippen LogP contribution in [0.5, 0.6) is 0 Å². The lowest BCUT2D eigenvalue weighted by Gasteiger charge is -2.44. The highest BCUT2D eigenvalue weighted by atomic mass is 16.3. The molecule has 1 aromatic carbocycles. The fraction of sp³-hybridized carbons (Fsp3) is 0.600. The second-order valence-corrected chi connectivity index (χ2v) is 4.60. The first-order valence-electron chi connectivity index (χ1n) is 6.38. The zero-order valence-electron chi connectivity index (χ0n) is 11.7. The normalized spacial score (nSPS) is 12.9. The van der Waals surface area contributed by atoms with Crippen molar-refractivity contribution in [2.75, 3.05) is 0 Å². The van der Waals surface area contributed by atoms with Gasteiger partial charge in [0.25, 0.3) is 0 Å². The Labute approximate surface area is 106 Å². The van der Waals surface area contributed by atoms with E-state index in [0.717, 1.165) is 19.3 Å². The van der Waals surface area contributed by atoms with Gasteiger partial charge in [-0.05, 0) is 17.4 Å². The maximum absolute atomic E-state index is 12.4. The molecular formula is C15H27NO. The summed E-state index contributed by atoms with van der Waals surface area (Å²) in [5.74, 6) is 0. The molecule has 1 unspecified atom stereocenters. The molecule has 0 aliphatic rings. The van der Waals surface area contributed by atoms with E-state index in [0.29, 0.717) is 6.42 Å². The van der Waals surface area contributed by atoms with E-state index in [1.807, 2.05) is 18.2 Å². The van der Waals surface area contributed by atoms with Crippen LogP contribution in [0.1, 0.15) is 45.6 Å². The second-order valence-electron chi connectivity index (χ2n) is 4.60. The minimum Gasteiger partial charge on any atom is -0.851 e. The number of benzene rings is 1. The van der Waals surface area contributed by atoms with E-state index in [-0.39, 0.29) is 11.6 Å². The Balaban J connectivity index is 0.00000256. The van der Waals surface area contributed by atoms with Crippen LogP contribution in [0.2, 0.25) is 0 Å². The molecule has 0 aliphatic carbocycles. The number of hydrogen-bond donors (Lipinski definition) is 1. The summed E-state index contributed by atoms with van der Waals surface area (Å²) in [7, 11) is 0. The van der Waals surface area contributed by atoms with Gasteiger partial charge >= 0.3 is 0 Å². The summed E-state index contributed by atoms with van der Waals surface area (Å²) in [6, 6.07) is 10.1. The fourth-order valence-corrected chi connectivity index (χ4v) is 2.48. The Morgan fingerprint density at radius 2 is 1.47 bits per heavy atom. The van der Waals surface area contributed by atoms with Crippen LogP contribution in [0.15, 0.2) is 30.3 Å². The maximum atomic E-state index is 12.4. The standard InChI is InChI=1S/C15H23O.H3N/c1-4-15(5-2,6-3)14(16)12-13-10-8-7-9-11-13;/h7-11,14H,4-6,12H2,1-3H3;1H3/q-1;/p+1. The molecule has 0 aromatic heterocycles. The zero-order valence-corrected chi connectivity index (χ0v) is 11.7. The average Bonchev–Trinajstić information content (AvgIpc) is 2.33. The average molecular weight is 237 g/mol. The second kappa shape index (κ2) is 7.46. The van der Waals surface area contributed by atoms with Crippen LogP contribution >= 0.6 is 0 Å². The van der Waals surface area contributed by atoms with Crippen molar-refractivity contribution in [3.05, 3.63) is 35.9 Å². The van der Waals surface area contributed by atoms with Crippen molar-refractivity contribution in [3.8, 4) is 0 Å². The molecule has 0 saturated carbocycles. The number of rotatable bonds is 6. The SMILES string of the molecule is CCC(CC)(CC)C([O-])Cc1ccccc1.[NH4+]. The Morgan fingerprint density at radius 3 is 1.88 bits per heavy atom. The van der Waals surface area contributed by atoms with Gasteiger partial charge in [-0.3, -0.25) is 0 Å². The van der Waals surface area contributed by atoms with Crippen LogP contribution in [-0.2, 0) is 6.42 Å². The Hall–Kier alpha value is -0.860. The highest BCUT2D eigenvalue weighted by Crippen LogP contribution is 2.34. The molecule has 0 saturated heterocycles. The number of quaternary nitrogens is 1. The summed E-state index contributed by atoms with van der Waals surface area (Å²) in [4.78, 5) is 0. The Kier molecular flexibility index (Phi) is 7.09.